The molecule has 0 bridgehead atoms. The molecule has 0 atom stereocenters. The van der Waals surface area contributed by atoms with Crippen LogP contribution >= 0.6 is 11.6 Å². The highest BCUT2D eigenvalue weighted by molar-refractivity contribution is 7.90. The second kappa shape index (κ2) is 12.2. The van der Waals surface area contributed by atoms with E-state index in [4.69, 9.17) is 16.6 Å². The maximum absolute atomic E-state index is 13.0. The van der Waals surface area contributed by atoms with Crippen molar-refractivity contribution in [2.75, 3.05) is 5.75 Å². The number of nitrogens with one attached hydrogen (secondary N) is 1. The predicted molar refractivity (Wildman–Crippen MR) is 158 cm³/mol. The number of nitrogens with zero attached hydrogens (tertiary/aromatic N) is 2. The van der Waals surface area contributed by atoms with Crippen LogP contribution in [-0.4, -0.2) is 40.7 Å². The quantitative estimate of drug-likeness (QED) is 0.203. The van der Waals surface area contributed by atoms with Crippen molar-refractivity contribution in [3.8, 4) is 11.1 Å². The van der Waals surface area contributed by atoms with E-state index in [1.807, 2.05) is 37.5 Å². The van der Waals surface area contributed by atoms with Gasteiger partial charge in [-0.15, -0.1) is 0 Å². The molecule has 4 rings (SSSR count). The number of amides is 1. The fraction of sp³-hybridized carbons (Fsp3) is 0.300. The van der Waals surface area contributed by atoms with Gasteiger partial charge in [0.15, 0.2) is 0 Å². The number of rotatable bonds is 11. The lowest BCUT2D eigenvalue weighted by molar-refractivity contribution is 0.0697. The van der Waals surface area contributed by atoms with Gasteiger partial charge in [-0.05, 0) is 59.9 Å². The Morgan fingerprint density at radius 3 is 2.48 bits per heavy atom. The number of hydrogen-bond donors (Lipinski definition) is 2. The Labute approximate surface area is 239 Å². The highest BCUT2D eigenvalue weighted by Crippen LogP contribution is 2.30. The van der Waals surface area contributed by atoms with Crippen molar-refractivity contribution in [3.05, 3.63) is 87.7 Å². The third-order valence-corrected chi connectivity index (χ3v) is 8.49. The van der Waals surface area contributed by atoms with Gasteiger partial charge >= 0.3 is 5.97 Å². The molecule has 1 heterocycles. The monoisotopic (exact) mass is 581 g/mol. The van der Waals surface area contributed by atoms with E-state index in [9.17, 15) is 23.1 Å². The average Bonchev–Trinajstić information content (AvgIpc) is 3.27. The summed E-state index contributed by atoms with van der Waals surface area (Å²) in [5.74, 6) is -1.000. The van der Waals surface area contributed by atoms with Crippen molar-refractivity contribution < 1.29 is 23.1 Å². The van der Waals surface area contributed by atoms with Gasteiger partial charge in [-0.25, -0.2) is 22.9 Å². The fourth-order valence-electron chi connectivity index (χ4n) is 4.75. The van der Waals surface area contributed by atoms with Crippen LogP contribution < -0.4 is 4.72 Å². The molecule has 40 heavy (non-hydrogen) atoms. The lowest BCUT2D eigenvalue weighted by atomic mass is 9.98. The van der Waals surface area contributed by atoms with Crippen molar-refractivity contribution in [1.82, 2.24) is 14.3 Å². The summed E-state index contributed by atoms with van der Waals surface area (Å²) in [5, 5.41) is 10.0. The summed E-state index contributed by atoms with van der Waals surface area (Å²) in [6, 6.07) is 15.5. The summed E-state index contributed by atoms with van der Waals surface area (Å²) in [6.07, 6.45) is 2.77. The summed E-state index contributed by atoms with van der Waals surface area (Å²) in [6.45, 7) is 6.17. The van der Waals surface area contributed by atoms with Gasteiger partial charge in [-0.1, -0.05) is 68.6 Å². The van der Waals surface area contributed by atoms with Crippen molar-refractivity contribution in [1.29, 1.82) is 0 Å². The van der Waals surface area contributed by atoms with Crippen molar-refractivity contribution in [2.24, 2.45) is 0 Å². The van der Waals surface area contributed by atoms with E-state index < -0.39 is 21.9 Å². The molecule has 0 aliphatic carbocycles. The Kier molecular flexibility index (Phi) is 8.95. The number of hydrogen-bond acceptors (Lipinski definition) is 5. The first-order valence-corrected chi connectivity index (χ1v) is 15.2. The van der Waals surface area contributed by atoms with E-state index >= 15 is 0 Å². The number of halogens is 1. The third-order valence-electron chi connectivity index (χ3n) is 6.82. The minimum Gasteiger partial charge on any atom is -0.478 e. The molecule has 210 valence electrons. The van der Waals surface area contributed by atoms with Crippen LogP contribution in [-0.2, 0) is 23.0 Å². The number of carboxylic acid groups (broad SMARTS) is 1. The summed E-state index contributed by atoms with van der Waals surface area (Å²) in [7, 11) is -3.74. The van der Waals surface area contributed by atoms with Gasteiger partial charge in [-0.2, -0.15) is 0 Å². The van der Waals surface area contributed by atoms with E-state index in [-0.39, 0.29) is 16.9 Å². The van der Waals surface area contributed by atoms with Gasteiger partial charge in [-0.3, -0.25) is 4.79 Å². The molecule has 1 amide bonds. The first-order chi connectivity index (χ1) is 19.0. The Morgan fingerprint density at radius 2 is 1.80 bits per heavy atom. The molecule has 0 fully saturated rings. The lowest BCUT2D eigenvalue weighted by Gasteiger charge is -2.13. The smallest absolute Gasteiger partial charge is 0.336 e. The number of benzene rings is 3. The number of carbonyl (C=O) groups excluding carboxylic acids is 1. The molecule has 10 heteroatoms. The zero-order valence-electron chi connectivity index (χ0n) is 22.7. The number of sulfonamides is 1. The van der Waals surface area contributed by atoms with Crippen LogP contribution in [0.25, 0.3) is 22.2 Å². The van der Waals surface area contributed by atoms with Crippen LogP contribution in [0.5, 0.6) is 0 Å². The Bertz CT molecular complexity index is 1700. The number of aromatic carboxylic acids is 1. The van der Waals surface area contributed by atoms with E-state index in [0.29, 0.717) is 41.1 Å². The Morgan fingerprint density at radius 1 is 1.05 bits per heavy atom. The fourth-order valence-corrected chi connectivity index (χ4v) is 6.07. The molecular formula is C30H32ClN3O5S. The topological polar surface area (TPSA) is 118 Å². The van der Waals surface area contributed by atoms with Crippen molar-refractivity contribution >= 4 is 44.5 Å². The Hall–Kier alpha value is -3.69. The molecule has 0 saturated heterocycles. The minimum atomic E-state index is -3.74. The molecule has 0 unspecified atom stereocenters. The number of aromatic nitrogens is 2. The maximum Gasteiger partial charge on any atom is 0.336 e. The van der Waals surface area contributed by atoms with E-state index in [0.717, 1.165) is 35.3 Å². The number of aryl methyl sites for hydroxylation is 2. The molecular weight excluding hydrogens is 550 g/mol. The predicted octanol–water partition coefficient (Wildman–Crippen LogP) is 6.22. The van der Waals surface area contributed by atoms with E-state index in [2.05, 4.69) is 4.72 Å². The zero-order valence-corrected chi connectivity index (χ0v) is 24.3. The normalized spacial score (nSPS) is 11.6. The number of carbonyl (C=O) groups is 2. The highest BCUT2D eigenvalue weighted by Gasteiger charge is 2.20. The molecule has 0 spiro atoms. The SMILES string of the molecule is CCCCCS(=O)(=O)NC(=O)c1cc(C)c2nc(CC)n(Cc3ccc(-c4ccccc4C(=O)O)cc3Cl)c2c1. The molecule has 0 aliphatic heterocycles. The molecule has 0 aliphatic rings. The van der Waals surface area contributed by atoms with E-state index in [1.54, 1.807) is 42.5 Å². The average molecular weight is 582 g/mol. The van der Waals surface area contributed by atoms with Crippen molar-refractivity contribution in [2.45, 2.75) is 53.0 Å². The van der Waals surface area contributed by atoms with E-state index in [1.165, 1.54) is 0 Å². The maximum atomic E-state index is 13.0. The summed E-state index contributed by atoms with van der Waals surface area (Å²) < 4.78 is 29.0. The van der Waals surface area contributed by atoms with Gasteiger partial charge in [0.1, 0.15) is 5.82 Å². The largest absolute Gasteiger partial charge is 0.478 e. The molecule has 0 radical (unpaired) electrons. The third kappa shape index (κ3) is 6.37. The first-order valence-electron chi connectivity index (χ1n) is 13.2. The molecule has 2 N–H and O–H groups in total. The van der Waals surface area contributed by atoms with Crippen LogP contribution in [0, 0.1) is 6.92 Å². The first kappa shape index (κ1) is 29.3. The number of carboxylic acids is 1. The highest BCUT2D eigenvalue weighted by atomic mass is 35.5. The second-order valence-electron chi connectivity index (χ2n) is 9.74. The zero-order chi connectivity index (χ0) is 29.0. The summed E-state index contributed by atoms with van der Waals surface area (Å²) >= 11 is 6.70. The molecule has 0 saturated carbocycles. The van der Waals surface area contributed by atoms with Crippen LogP contribution in [0.3, 0.4) is 0 Å². The van der Waals surface area contributed by atoms with Gasteiger partial charge in [0.2, 0.25) is 10.0 Å². The van der Waals surface area contributed by atoms with Gasteiger partial charge < -0.3 is 9.67 Å². The molecule has 4 aromatic rings. The number of imidazole rings is 1. The van der Waals surface area contributed by atoms with Crippen molar-refractivity contribution in [3.63, 3.8) is 0 Å². The second-order valence-corrected chi connectivity index (χ2v) is 12.0. The summed E-state index contributed by atoms with van der Waals surface area (Å²) in [4.78, 5) is 29.4. The van der Waals surface area contributed by atoms with Crippen LogP contribution in [0.1, 0.15) is 70.8 Å². The molecule has 1 aromatic heterocycles. The van der Waals surface area contributed by atoms with Crippen LogP contribution in [0.15, 0.2) is 54.6 Å². The van der Waals surface area contributed by atoms with Crippen LogP contribution in [0.2, 0.25) is 5.02 Å². The van der Waals surface area contributed by atoms with Gasteiger partial charge in [0, 0.05) is 17.0 Å². The minimum absolute atomic E-state index is 0.100. The molecule has 3 aromatic carbocycles. The van der Waals surface area contributed by atoms with Gasteiger partial charge in [0.05, 0.1) is 28.9 Å². The lowest BCUT2D eigenvalue weighted by Crippen LogP contribution is -2.32. The number of fused-ring (bicyclic) bond motifs is 1. The number of unbranched alkanes of at least 4 members (excludes halogenated alkanes) is 2. The van der Waals surface area contributed by atoms with Crippen LogP contribution in [0.4, 0.5) is 0 Å². The molecule has 8 nitrogen and oxygen atoms in total. The Balaban J connectivity index is 1.69. The van der Waals surface area contributed by atoms with Gasteiger partial charge in [0.25, 0.3) is 5.91 Å². The standard InChI is InChI=1S/C30H32ClN3O5S/c1-4-6-9-14-40(38,39)33-29(35)22-15-19(3)28-26(17-22)34(27(5-2)32-28)18-21-13-12-20(16-25(21)31)23-10-7-8-11-24(23)30(36)37/h7-8,10-13,15-17H,4-6,9,14,18H2,1-3H3,(H,33,35)(H,36,37). The summed E-state index contributed by atoms with van der Waals surface area (Å²) in [5.41, 5.74) is 4.65.